The number of hydrogen-bond acceptors (Lipinski definition) is 7. The van der Waals surface area contributed by atoms with Gasteiger partial charge in [-0.15, -0.1) is 24.1 Å². The molecule has 30 heavy (non-hydrogen) atoms. The highest BCUT2D eigenvalue weighted by Crippen LogP contribution is 2.35. The molecule has 1 aliphatic heterocycles. The zero-order valence-electron chi connectivity index (χ0n) is 18.5. The lowest BCUT2D eigenvalue weighted by molar-refractivity contribution is 0.110. The average Bonchev–Trinajstić information content (AvgIpc) is 3.19. The van der Waals surface area contributed by atoms with E-state index in [0.29, 0.717) is 11.5 Å². The van der Waals surface area contributed by atoms with Crippen molar-refractivity contribution < 1.29 is 9.47 Å². The van der Waals surface area contributed by atoms with Gasteiger partial charge in [0.05, 0.1) is 25.8 Å². The lowest BCUT2D eigenvalue weighted by atomic mass is 10.0. The Labute approximate surface area is 185 Å². The molecule has 1 unspecified atom stereocenters. The molecular weight excluding hydrogens is 404 g/mol. The van der Waals surface area contributed by atoms with Crippen LogP contribution in [0.25, 0.3) is 0 Å². The first-order valence-corrected chi connectivity index (χ1v) is 9.97. The molecule has 1 aromatic heterocycles. The van der Waals surface area contributed by atoms with Gasteiger partial charge in [-0.25, -0.2) is 4.68 Å². The summed E-state index contributed by atoms with van der Waals surface area (Å²) in [5, 5.41) is 12.8. The fourth-order valence-corrected chi connectivity index (χ4v) is 3.78. The molecule has 9 heteroatoms. The Hall–Kier alpha value is -2.16. The number of aromatic nitrogens is 4. The lowest BCUT2D eigenvalue weighted by Crippen LogP contribution is -2.48. The van der Waals surface area contributed by atoms with Crippen LogP contribution in [-0.2, 0) is 5.54 Å². The third-order valence-corrected chi connectivity index (χ3v) is 5.26. The van der Waals surface area contributed by atoms with Crippen LogP contribution in [0.5, 0.6) is 11.5 Å². The second kappa shape index (κ2) is 10.2. The molecule has 1 saturated heterocycles. The number of nitrogens with zero attached hydrogens (tertiary/aromatic N) is 6. The van der Waals surface area contributed by atoms with Crippen molar-refractivity contribution in [2.45, 2.75) is 32.4 Å². The molecule has 3 rings (SSSR count). The number of hydrogen-bond donors (Lipinski definition) is 0. The molecule has 1 atom stereocenters. The minimum absolute atomic E-state index is 0. The predicted molar refractivity (Wildman–Crippen MR) is 120 cm³/mol. The summed E-state index contributed by atoms with van der Waals surface area (Å²) in [6.07, 6.45) is 1.96. The fourth-order valence-electron chi connectivity index (χ4n) is 3.78. The summed E-state index contributed by atoms with van der Waals surface area (Å²) in [4.78, 5) is 4.84. The topological polar surface area (TPSA) is 68.5 Å². The van der Waals surface area contributed by atoms with E-state index >= 15 is 0 Å². The number of tetrazole rings is 1. The molecule has 1 aromatic carbocycles. The molecule has 1 aliphatic rings. The van der Waals surface area contributed by atoms with E-state index in [9.17, 15) is 0 Å². The highest BCUT2D eigenvalue weighted by atomic mass is 35.5. The maximum atomic E-state index is 5.56. The Bertz CT molecular complexity index is 827. The third kappa shape index (κ3) is 5.11. The number of methoxy groups -OCH3 is 2. The zero-order chi connectivity index (χ0) is 21.0. The smallest absolute Gasteiger partial charge is 0.173 e. The first-order valence-electron chi connectivity index (χ1n) is 9.97. The SMILES string of the molecule is C=CCN1CCN(C(c2ccc(OC)c(OC)c2)c2nnnn2C(C)(C)C)CC1.Cl. The predicted octanol–water partition coefficient (Wildman–Crippen LogP) is 2.76. The van der Waals surface area contributed by atoms with Crippen molar-refractivity contribution in [3.8, 4) is 11.5 Å². The maximum Gasteiger partial charge on any atom is 0.173 e. The van der Waals surface area contributed by atoms with E-state index in [2.05, 4.69) is 58.7 Å². The van der Waals surface area contributed by atoms with Crippen molar-refractivity contribution in [3.05, 3.63) is 42.2 Å². The van der Waals surface area contributed by atoms with Gasteiger partial charge in [0.2, 0.25) is 0 Å². The molecule has 2 aromatic rings. The van der Waals surface area contributed by atoms with Crippen LogP contribution < -0.4 is 9.47 Å². The summed E-state index contributed by atoms with van der Waals surface area (Å²) in [5.74, 6) is 2.25. The molecule has 0 aliphatic carbocycles. The zero-order valence-corrected chi connectivity index (χ0v) is 19.4. The molecule has 0 saturated carbocycles. The standard InChI is InChI=1S/C21H32N6O2.ClH/c1-7-10-25-11-13-26(14-12-25)19(20-22-23-24-27(20)21(2,3)4)16-8-9-17(28-5)18(15-16)29-6;/h7-9,15,19H,1,10-14H2,2-6H3;1H. The molecule has 0 amide bonds. The Morgan fingerprint density at radius 2 is 1.77 bits per heavy atom. The second-order valence-corrected chi connectivity index (χ2v) is 8.26. The summed E-state index contributed by atoms with van der Waals surface area (Å²) < 4.78 is 12.9. The third-order valence-electron chi connectivity index (χ3n) is 5.26. The van der Waals surface area contributed by atoms with Crippen LogP contribution in [0.4, 0.5) is 0 Å². The minimum Gasteiger partial charge on any atom is -0.493 e. The second-order valence-electron chi connectivity index (χ2n) is 8.26. The molecule has 1 fully saturated rings. The van der Waals surface area contributed by atoms with E-state index in [1.165, 1.54) is 0 Å². The van der Waals surface area contributed by atoms with Crippen molar-refractivity contribution in [1.82, 2.24) is 30.0 Å². The van der Waals surface area contributed by atoms with Gasteiger partial charge in [0.25, 0.3) is 0 Å². The van der Waals surface area contributed by atoms with Gasteiger partial charge in [-0.3, -0.25) is 9.80 Å². The van der Waals surface area contributed by atoms with Crippen LogP contribution >= 0.6 is 12.4 Å². The first kappa shape index (κ1) is 24.1. The summed E-state index contributed by atoms with van der Waals surface area (Å²) in [5.41, 5.74) is 0.860. The van der Waals surface area contributed by atoms with Crippen molar-refractivity contribution >= 4 is 12.4 Å². The molecule has 0 N–H and O–H groups in total. The lowest BCUT2D eigenvalue weighted by Gasteiger charge is -2.39. The van der Waals surface area contributed by atoms with Crippen molar-refractivity contribution in [2.24, 2.45) is 0 Å². The Balaban J connectivity index is 0.00000320. The molecule has 166 valence electrons. The van der Waals surface area contributed by atoms with Gasteiger partial charge in [-0.05, 0) is 48.9 Å². The molecule has 2 heterocycles. The van der Waals surface area contributed by atoms with Crippen LogP contribution in [0.3, 0.4) is 0 Å². The monoisotopic (exact) mass is 436 g/mol. The van der Waals surface area contributed by atoms with Crippen LogP contribution in [0.1, 0.15) is 38.2 Å². The van der Waals surface area contributed by atoms with E-state index < -0.39 is 0 Å². The summed E-state index contributed by atoms with van der Waals surface area (Å²) in [6, 6.07) is 5.97. The van der Waals surface area contributed by atoms with Gasteiger partial charge in [0, 0.05) is 32.7 Å². The van der Waals surface area contributed by atoms with Crippen LogP contribution in [0.2, 0.25) is 0 Å². The first-order chi connectivity index (χ1) is 13.9. The van der Waals surface area contributed by atoms with Gasteiger partial charge in [-0.2, -0.15) is 0 Å². The van der Waals surface area contributed by atoms with E-state index in [4.69, 9.17) is 9.47 Å². The highest BCUT2D eigenvalue weighted by Gasteiger charge is 2.33. The highest BCUT2D eigenvalue weighted by molar-refractivity contribution is 5.85. The largest absolute Gasteiger partial charge is 0.493 e. The van der Waals surface area contributed by atoms with E-state index in [1.807, 2.05) is 22.9 Å². The summed E-state index contributed by atoms with van der Waals surface area (Å²) in [6.45, 7) is 14.9. The fraction of sp³-hybridized carbons (Fsp3) is 0.571. The van der Waals surface area contributed by atoms with Gasteiger partial charge >= 0.3 is 0 Å². The molecule has 0 bridgehead atoms. The summed E-state index contributed by atoms with van der Waals surface area (Å²) >= 11 is 0. The number of rotatable bonds is 7. The molecule has 0 spiro atoms. The normalized spacial score (nSPS) is 16.6. The maximum absolute atomic E-state index is 5.56. The van der Waals surface area contributed by atoms with E-state index in [0.717, 1.165) is 44.1 Å². The number of ether oxygens (including phenoxy) is 2. The Kier molecular flexibility index (Phi) is 8.23. The Morgan fingerprint density at radius 3 is 2.33 bits per heavy atom. The van der Waals surface area contributed by atoms with Gasteiger partial charge in [0.1, 0.15) is 0 Å². The van der Waals surface area contributed by atoms with E-state index in [-0.39, 0.29) is 24.0 Å². The van der Waals surface area contributed by atoms with Crippen LogP contribution in [-0.4, -0.2) is 77.0 Å². The summed E-state index contributed by atoms with van der Waals surface area (Å²) in [7, 11) is 3.30. The molecule has 8 nitrogen and oxygen atoms in total. The Morgan fingerprint density at radius 1 is 1.10 bits per heavy atom. The van der Waals surface area contributed by atoms with Crippen molar-refractivity contribution in [3.63, 3.8) is 0 Å². The molecule has 0 radical (unpaired) electrons. The van der Waals surface area contributed by atoms with Crippen molar-refractivity contribution in [2.75, 3.05) is 46.9 Å². The molecular formula is C21H33ClN6O2. The van der Waals surface area contributed by atoms with Crippen LogP contribution in [0, 0.1) is 0 Å². The number of benzene rings is 1. The van der Waals surface area contributed by atoms with E-state index in [1.54, 1.807) is 14.2 Å². The van der Waals surface area contributed by atoms with Gasteiger partial charge < -0.3 is 9.47 Å². The van der Waals surface area contributed by atoms with Gasteiger partial charge in [-0.1, -0.05) is 12.1 Å². The average molecular weight is 437 g/mol. The quantitative estimate of drug-likeness (QED) is 0.618. The minimum atomic E-state index is -0.224. The van der Waals surface area contributed by atoms with Crippen LogP contribution in [0.15, 0.2) is 30.9 Å². The number of halogens is 1. The number of piperazine rings is 1. The van der Waals surface area contributed by atoms with Gasteiger partial charge in [0.15, 0.2) is 17.3 Å². The van der Waals surface area contributed by atoms with Crippen molar-refractivity contribution in [1.29, 1.82) is 0 Å².